The molecule has 0 atom stereocenters. The molecule has 0 aliphatic rings. The van der Waals surface area contributed by atoms with Crippen LogP contribution >= 0.6 is 11.6 Å². The Balaban J connectivity index is 1.86. The third-order valence-electron chi connectivity index (χ3n) is 3.96. The Labute approximate surface area is 168 Å². The summed E-state index contributed by atoms with van der Waals surface area (Å²) in [5.74, 6) is 0.290. The summed E-state index contributed by atoms with van der Waals surface area (Å²) >= 11 is 6.01. The number of hydrogen-bond acceptors (Lipinski definition) is 4. The van der Waals surface area contributed by atoms with Crippen molar-refractivity contribution in [3.05, 3.63) is 94.5 Å². The molecule has 0 fully saturated rings. The van der Waals surface area contributed by atoms with E-state index in [1.54, 1.807) is 66.7 Å². The SMILES string of the molecule is COc1ccccc1C(=O)Oc1cccc(/C=C(/C#N)c2cccc(Cl)c2)c1. The Bertz CT molecular complexity index is 1080. The molecule has 0 saturated heterocycles. The Kier molecular flexibility index (Phi) is 6.11. The van der Waals surface area contributed by atoms with E-state index in [1.807, 2.05) is 12.1 Å². The van der Waals surface area contributed by atoms with Crippen molar-refractivity contribution in [3.63, 3.8) is 0 Å². The van der Waals surface area contributed by atoms with Gasteiger partial charge in [0.25, 0.3) is 0 Å². The third-order valence-corrected chi connectivity index (χ3v) is 4.20. The highest BCUT2D eigenvalue weighted by molar-refractivity contribution is 6.30. The van der Waals surface area contributed by atoms with Crippen LogP contribution in [0.3, 0.4) is 0 Å². The van der Waals surface area contributed by atoms with Gasteiger partial charge in [-0.3, -0.25) is 0 Å². The van der Waals surface area contributed by atoms with Gasteiger partial charge in [0.2, 0.25) is 0 Å². The number of ether oxygens (including phenoxy) is 2. The van der Waals surface area contributed by atoms with Crippen LogP contribution in [-0.4, -0.2) is 13.1 Å². The van der Waals surface area contributed by atoms with Crippen molar-refractivity contribution in [2.24, 2.45) is 0 Å². The summed E-state index contributed by atoms with van der Waals surface area (Å²) in [5.41, 5.74) is 2.23. The first-order valence-corrected chi connectivity index (χ1v) is 8.81. The summed E-state index contributed by atoms with van der Waals surface area (Å²) in [6.45, 7) is 0. The van der Waals surface area contributed by atoms with Crippen molar-refractivity contribution >= 4 is 29.2 Å². The minimum atomic E-state index is -0.520. The highest BCUT2D eigenvalue weighted by Crippen LogP contribution is 2.24. The summed E-state index contributed by atoms with van der Waals surface area (Å²) in [7, 11) is 1.50. The van der Waals surface area contributed by atoms with Crippen LogP contribution < -0.4 is 9.47 Å². The lowest BCUT2D eigenvalue weighted by Gasteiger charge is -2.09. The molecule has 4 nitrogen and oxygen atoms in total. The van der Waals surface area contributed by atoms with E-state index >= 15 is 0 Å². The van der Waals surface area contributed by atoms with Crippen molar-refractivity contribution in [1.29, 1.82) is 5.26 Å². The number of hydrogen-bond donors (Lipinski definition) is 0. The van der Waals surface area contributed by atoms with E-state index in [0.29, 0.717) is 33.2 Å². The molecule has 5 heteroatoms. The summed E-state index contributed by atoms with van der Waals surface area (Å²) in [4.78, 5) is 12.5. The lowest BCUT2D eigenvalue weighted by Crippen LogP contribution is -2.10. The quantitative estimate of drug-likeness (QED) is 0.245. The predicted octanol–water partition coefficient (Wildman–Crippen LogP) is 5.63. The molecule has 0 bridgehead atoms. The van der Waals surface area contributed by atoms with Crippen LogP contribution in [0.25, 0.3) is 11.6 Å². The first-order chi connectivity index (χ1) is 13.6. The number of para-hydroxylation sites is 1. The largest absolute Gasteiger partial charge is 0.496 e. The van der Waals surface area contributed by atoms with Crippen LogP contribution in [0, 0.1) is 11.3 Å². The first kappa shape index (κ1) is 19.2. The van der Waals surface area contributed by atoms with Crippen molar-refractivity contribution in [2.75, 3.05) is 7.11 Å². The normalized spacial score (nSPS) is 10.8. The molecule has 0 unspecified atom stereocenters. The Morgan fingerprint density at radius 2 is 1.82 bits per heavy atom. The number of nitrogens with zero attached hydrogens (tertiary/aromatic N) is 1. The van der Waals surface area contributed by atoms with Gasteiger partial charge >= 0.3 is 5.97 Å². The van der Waals surface area contributed by atoms with Crippen LogP contribution in [-0.2, 0) is 0 Å². The number of halogens is 1. The molecule has 3 rings (SSSR count). The Morgan fingerprint density at radius 3 is 2.57 bits per heavy atom. The van der Waals surface area contributed by atoms with Gasteiger partial charge in [-0.15, -0.1) is 0 Å². The minimum absolute atomic E-state index is 0.336. The van der Waals surface area contributed by atoms with E-state index in [0.717, 1.165) is 5.56 Å². The molecule has 0 N–H and O–H groups in total. The number of rotatable bonds is 5. The lowest BCUT2D eigenvalue weighted by molar-refractivity contribution is 0.0731. The van der Waals surface area contributed by atoms with Crippen LogP contribution in [0.1, 0.15) is 21.5 Å². The lowest BCUT2D eigenvalue weighted by atomic mass is 10.0. The molecular weight excluding hydrogens is 374 g/mol. The molecule has 28 heavy (non-hydrogen) atoms. The van der Waals surface area contributed by atoms with Crippen molar-refractivity contribution in [3.8, 4) is 17.6 Å². The van der Waals surface area contributed by atoms with Gasteiger partial charge in [-0.1, -0.05) is 48.0 Å². The van der Waals surface area contributed by atoms with E-state index < -0.39 is 5.97 Å². The zero-order valence-electron chi connectivity index (χ0n) is 15.1. The number of carbonyl (C=O) groups excluding carboxylic acids is 1. The highest BCUT2D eigenvalue weighted by atomic mass is 35.5. The van der Waals surface area contributed by atoms with Crippen LogP contribution in [0.2, 0.25) is 5.02 Å². The minimum Gasteiger partial charge on any atom is -0.496 e. The van der Waals surface area contributed by atoms with Crippen LogP contribution in [0.15, 0.2) is 72.8 Å². The highest BCUT2D eigenvalue weighted by Gasteiger charge is 2.14. The molecule has 0 radical (unpaired) electrons. The second-order valence-corrected chi connectivity index (χ2v) is 6.28. The molecule has 3 aromatic rings. The zero-order chi connectivity index (χ0) is 19.9. The van der Waals surface area contributed by atoms with Gasteiger partial charge in [0.1, 0.15) is 17.1 Å². The number of allylic oxidation sites excluding steroid dienone is 1. The average molecular weight is 390 g/mol. The fraction of sp³-hybridized carbons (Fsp3) is 0.0435. The molecule has 0 heterocycles. The first-order valence-electron chi connectivity index (χ1n) is 8.43. The van der Waals surface area contributed by atoms with Gasteiger partial charge in [-0.25, -0.2) is 4.79 Å². The second-order valence-electron chi connectivity index (χ2n) is 5.84. The maximum absolute atomic E-state index is 12.5. The maximum Gasteiger partial charge on any atom is 0.347 e. The van der Waals surface area contributed by atoms with Crippen LogP contribution in [0.4, 0.5) is 0 Å². The summed E-state index contributed by atoms with van der Waals surface area (Å²) in [6.07, 6.45) is 1.71. The van der Waals surface area contributed by atoms with E-state index in [9.17, 15) is 10.1 Å². The molecule has 0 amide bonds. The number of methoxy groups -OCH3 is 1. The van der Waals surface area contributed by atoms with Gasteiger partial charge in [0, 0.05) is 5.02 Å². The van der Waals surface area contributed by atoms with Crippen molar-refractivity contribution in [2.45, 2.75) is 0 Å². The predicted molar refractivity (Wildman–Crippen MR) is 109 cm³/mol. The number of carbonyl (C=O) groups is 1. The van der Waals surface area contributed by atoms with E-state index in [2.05, 4.69) is 6.07 Å². The summed E-state index contributed by atoms with van der Waals surface area (Å²) in [5, 5.41) is 10.0. The number of benzene rings is 3. The number of esters is 1. The van der Waals surface area contributed by atoms with Gasteiger partial charge in [0.05, 0.1) is 18.8 Å². The monoisotopic (exact) mass is 389 g/mol. The van der Waals surface area contributed by atoms with Gasteiger partial charge in [-0.2, -0.15) is 5.26 Å². The van der Waals surface area contributed by atoms with Crippen molar-refractivity contribution in [1.82, 2.24) is 0 Å². The molecule has 138 valence electrons. The standard InChI is InChI=1S/C23H16ClNO3/c1-27-22-11-3-2-10-21(22)23(26)28-20-9-4-6-16(13-20)12-18(15-25)17-7-5-8-19(24)14-17/h2-14H,1H3/b18-12-. The molecule has 0 aliphatic carbocycles. The fourth-order valence-corrected chi connectivity index (χ4v) is 2.84. The van der Waals surface area contributed by atoms with Gasteiger partial charge < -0.3 is 9.47 Å². The molecule has 0 aromatic heterocycles. The number of nitriles is 1. The Morgan fingerprint density at radius 1 is 1.04 bits per heavy atom. The van der Waals surface area contributed by atoms with E-state index in [4.69, 9.17) is 21.1 Å². The average Bonchev–Trinajstić information content (AvgIpc) is 2.72. The second kappa shape index (κ2) is 8.90. The van der Waals surface area contributed by atoms with Gasteiger partial charge in [0.15, 0.2) is 0 Å². The van der Waals surface area contributed by atoms with E-state index in [1.165, 1.54) is 7.11 Å². The topological polar surface area (TPSA) is 59.3 Å². The Hall–Kier alpha value is -3.55. The molecule has 0 saturated carbocycles. The smallest absolute Gasteiger partial charge is 0.347 e. The third kappa shape index (κ3) is 4.59. The summed E-state index contributed by atoms with van der Waals surface area (Å²) in [6, 6.07) is 23.0. The van der Waals surface area contributed by atoms with Crippen LogP contribution in [0.5, 0.6) is 11.5 Å². The summed E-state index contributed by atoms with van der Waals surface area (Å²) < 4.78 is 10.7. The molecule has 3 aromatic carbocycles. The zero-order valence-corrected chi connectivity index (χ0v) is 15.8. The fourth-order valence-electron chi connectivity index (χ4n) is 2.65. The van der Waals surface area contributed by atoms with Crippen molar-refractivity contribution < 1.29 is 14.3 Å². The van der Waals surface area contributed by atoms with Gasteiger partial charge in [-0.05, 0) is 53.6 Å². The molecule has 0 spiro atoms. The molecule has 0 aliphatic heterocycles. The van der Waals surface area contributed by atoms with E-state index in [-0.39, 0.29) is 0 Å². The maximum atomic E-state index is 12.5. The molecular formula is C23H16ClNO3.